The number of methoxy groups -OCH3 is 1. The number of carbonyl (C=O) groups excluding carboxylic acids is 1. The van der Waals surface area contributed by atoms with Crippen molar-refractivity contribution in [1.29, 1.82) is 5.26 Å². The number of hydrogen-bond acceptors (Lipinski definition) is 4. The lowest BCUT2D eigenvalue weighted by Gasteiger charge is -2.16. The fourth-order valence-electron chi connectivity index (χ4n) is 3.17. The molecule has 0 fully saturated rings. The quantitative estimate of drug-likeness (QED) is 0.201. The Hall–Kier alpha value is -3.72. The number of rotatable bonds is 9. The smallest absolute Gasteiger partial charge is 0.266 e. The number of anilines is 1. The third-order valence-corrected chi connectivity index (χ3v) is 5.32. The maximum absolute atomic E-state index is 12.6. The Bertz CT molecular complexity index is 1240. The van der Waals surface area contributed by atoms with E-state index in [4.69, 9.17) is 32.7 Å². The SMILES string of the molecule is C=CCc1cc(/C=C(/C#N)C(=O)Nc2ccc(Cl)cc2)cc(OC)c1OCc1ccc(Cl)cc1. The van der Waals surface area contributed by atoms with Gasteiger partial charge in [-0.15, -0.1) is 6.58 Å². The Morgan fingerprint density at radius 2 is 1.74 bits per heavy atom. The molecule has 0 aliphatic heterocycles. The fourth-order valence-corrected chi connectivity index (χ4v) is 3.42. The molecule has 0 unspecified atom stereocenters. The zero-order valence-corrected chi connectivity index (χ0v) is 20.0. The normalized spacial score (nSPS) is 10.8. The Morgan fingerprint density at radius 1 is 1.09 bits per heavy atom. The molecule has 0 aliphatic carbocycles. The molecule has 34 heavy (non-hydrogen) atoms. The highest BCUT2D eigenvalue weighted by Gasteiger charge is 2.15. The summed E-state index contributed by atoms with van der Waals surface area (Å²) in [6.07, 6.45) is 3.76. The zero-order chi connectivity index (χ0) is 24.5. The second-order valence-electron chi connectivity index (χ2n) is 7.25. The number of nitriles is 1. The van der Waals surface area contributed by atoms with Crippen LogP contribution in [0.25, 0.3) is 6.08 Å². The molecule has 5 nitrogen and oxygen atoms in total. The number of amides is 1. The number of nitrogens with one attached hydrogen (secondary N) is 1. The number of allylic oxidation sites excluding steroid dienone is 1. The molecule has 0 radical (unpaired) electrons. The average Bonchev–Trinajstić information content (AvgIpc) is 2.84. The molecule has 0 spiro atoms. The summed E-state index contributed by atoms with van der Waals surface area (Å²) in [6, 6.07) is 19.5. The van der Waals surface area contributed by atoms with Crippen LogP contribution in [0.2, 0.25) is 10.0 Å². The van der Waals surface area contributed by atoms with Gasteiger partial charge in [0.1, 0.15) is 18.2 Å². The molecule has 0 aromatic heterocycles. The molecule has 0 heterocycles. The summed E-state index contributed by atoms with van der Waals surface area (Å²) < 4.78 is 11.6. The Kier molecular flexibility index (Phi) is 8.75. The van der Waals surface area contributed by atoms with E-state index < -0.39 is 5.91 Å². The van der Waals surface area contributed by atoms with Crippen molar-refractivity contribution in [3.8, 4) is 17.6 Å². The lowest BCUT2D eigenvalue weighted by atomic mass is 10.0. The molecule has 1 N–H and O–H groups in total. The summed E-state index contributed by atoms with van der Waals surface area (Å²) in [7, 11) is 1.54. The highest BCUT2D eigenvalue weighted by Crippen LogP contribution is 2.35. The van der Waals surface area contributed by atoms with Crippen molar-refractivity contribution in [1.82, 2.24) is 0 Å². The van der Waals surface area contributed by atoms with Crippen molar-refractivity contribution >= 4 is 40.9 Å². The summed E-state index contributed by atoms with van der Waals surface area (Å²) in [6.45, 7) is 4.14. The molecular weight excluding hydrogens is 471 g/mol. The van der Waals surface area contributed by atoms with Gasteiger partial charge in [-0.1, -0.05) is 41.4 Å². The number of carbonyl (C=O) groups is 1. The molecule has 0 atom stereocenters. The second-order valence-corrected chi connectivity index (χ2v) is 8.12. The van der Waals surface area contributed by atoms with Crippen molar-refractivity contribution in [2.24, 2.45) is 0 Å². The van der Waals surface area contributed by atoms with E-state index in [1.54, 1.807) is 48.5 Å². The average molecular weight is 493 g/mol. The molecule has 3 aromatic rings. The highest BCUT2D eigenvalue weighted by molar-refractivity contribution is 6.30. The van der Waals surface area contributed by atoms with E-state index in [-0.39, 0.29) is 5.57 Å². The van der Waals surface area contributed by atoms with Crippen molar-refractivity contribution in [3.63, 3.8) is 0 Å². The first-order valence-electron chi connectivity index (χ1n) is 10.3. The summed E-state index contributed by atoms with van der Waals surface area (Å²) in [5.41, 5.74) is 2.86. The summed E-state index contributed by atoms with van der Waals surface area (Å²) in [5, 5.41) is 13.5. The van der Waals surface area contributed by atoms with Gasteiger partial charge in [0.2, 0.25) is 0 Å². The highest BCUT2D eigenvalue weighted by atomic mass is 35.5. The monoisotopic (exact) mass is 492 g/mol. The Balaban J connectivity index is 1.88. The largest absolute Gasteiger partial charge is 0.493 e. The number of hydrogen-bond donors (Lipinski definition) is 1. The zero-order valence-electron chi connectivity index (χ0n) is 18.5. The molecule has 0 aliphatic rings. The van der Waals surface area contributed by atoms with Gasteiger partial charge in [0.15, 0.2) is 11.5 Å². The van der Waals surface area contributed by atoms with Crippen LogP contribution in [0.3, 0.4) is 0 Å². The number of benzene rings is 3. The van der Waals surface area contributed by atoms with E-state index in [1.165, 1.54) is 13.2 Å². The van der Waals surface area contributed by atoms with Crippen LogP contribution in [0, 0.1) is 11.3 Å². The molecule has 0 saturated carbocycles. The summed E-state index contributed by atoms with van der Waals surface area (Å²) >= 11 is 11.8. The number of halogens is 2. The van der Waals surface area contributed by atoms with Gasteiger partial charge >= 0.3 is 0 Å². The van der Waals surface area contributed by atoms with Crippen LogP contribution in [0.5, 0.6) is 11.5 Å². The van der Waals surface area contributed by atoms with E-state index >= 15 is 0 Å². The Labute approximate surface area is 208 Å². The van der Waals surface area contributed by atoms with Crippen LogP contribution >= 0.6 is 23.2 Å². The lowest BCUT2D eigenvalue weighted by molar-refractivity contribution is -0.112. The van der Waals surface area contributed by atoms with Gasteiger partial charge in [0.05, 0.1) is 7.11 Å². The van der Waals surface area contributed by atoms with Crippen LogP contribution in [0.4, 0.5) is 5.69 Å². The standard InChI is InChI=1S/C27H22Cl2N2O3/c1-3-4-20-13-19(14-21(16-30)27(32)31-24-11-9-23(29)10-12-24)15-25(33-2)26(20)34-17-18-5-7-22(28)8-6-18/h3,5-15H,1,4,17H2,2H3,(H,31,32)/b21-14-. The molecule has 1 amide bonds. The van der Waals surface area contributed by atoms with Gasteiger partial charge in [0.25, 0.3) is 5.91 Å². The predicted octanol–water partition coefficient (Wildman–Crippen LogP) is 6.86. The third kappa shape index (κ3) is 6.64. The first-order valence-corrected chi connectivity index (χ1v) is 11.1. The van der Waals surface area contributed by atoms with Crippen LogP contribution in [0.15, 0.2) is 78.9 Å². The number of nitrogens with zero attached hydrogens (tertiary/aromatic N) is 1. The van der Waals surface area contributed by atoms with E-state index in [2.05, 4.69) is 11.9 Å². The summed E-state index contributed by atoms with van der Waals surface area (Å²) in [4.78, 5) is 12.6. The molecule has 3 rings (SSSR count). The van der Waals surface area contributed by atoms with Crippen molar-refractivity contribution in [2.45, 2.75) is 13.0 Å². The molecule has 7 heteroatoms. The van der Waals surface area contributed by atoms with Gasteiger partial charge in [-0.2, -0.15) is 5.26 Å². The predicted molar refractivity (Wildman–Crippen MR) is 136 cm³/mol. The van der Waals surface area contributed by atoms with Crippen LogP contribution in [-0.4, -0.2) is 13.0 Å². The van der Waals surface area contributed by atoms with Gasteiger partial charge < -0.3 is 14.8 Å². The first kappa shape index (κ1) is 24.9. The molecule has 0 bridgehead atoms. The molecule has 0 saturated heterocycles. The fraction of sp³-hybridized carbons (Fsp3) is 0.111. The molecule has 172 valence electrons. The van der Waals surface area contributed by atoms with Crippen LogP contribution < -0.4 is 14.8 Å². The minimum absolute atomic E-state index is 0.0589. The van der Waals surface area contributed by atoms with Gasteiger partial charge in [-0.05, 0) is 72.2 Å². The van der Waals surface area contributed by atoms with Crippen LogP contribution in [0.1, 0.15) is 16.7 Å². The molecular formula is C27H22Cl2N2O3. The van der Waals surface area contributed by atoms with Crippen molar-refractivity contribution in [2.75, 3.05) is 12.4 Å². The number of ether oxygens (including phenoxy) is 2. The third-order valence-electron chi connectivity index (χ3n) is 4.81. The van der Waals surface area contributed by atoms with E-state index in [9.17, 15) is 10.1 Å². The van der Waals surface area contributed by atoms with Gasteiger partial charge in [-0.3, -0.25) is 4.79 Å². The van der Waals surface area contributed by atoms with Crippen molar-refractivity contribution in [3.05, 3.63) is 106 Å². The lowest BCUT2D eigenvalue weighted by Crippen LogP contribution is -2.13. The van der Waals surface area contributed by atoms with Crippen LogP contribution in [-0.2, 0) is 17.8 Å². The second kappa shape index (κ2) is 11.9. The van der Waals surface area contributed by atoms with E-state index in [0.29, 0.717) is 45.8 Å². The molecule has 3 aromatic carbocycles. The topological polar surface area (TPSA) is 71.4 Å². The minimum atomic E-state index is -0.530. The maximum atomic E-state index is 12.6. The van der Waals surface area contributed by atoms with Gasteiger partial charge in [0, 0.05) is 21.3 Å². The van der Waals surface area contributed by atoms with Gasteiger partial charge in [-0.25, -0.2) is 0 Å². The minimum Gasteiger partial charge on any atom is -0.493 e. The Morgan fingerprint density at radius 3 is 2.32 bits per heavy atom. The maximum Gasteiger partial charge on any atom is 0.266 e. The van der Waals surface area contributed by atoms with E-state index in [1.807, 2.05) is 24.3 Å². The van der Waals surface area contributed by atoms with Crippen molar-refractivity contribution < 1.29 is 14.3 Å². The summed E-state index contributed by atoms with van der Waals surface area (Å²) in [5.74, 6) is 0.519. The van der Waals surface area contributed by atoms with E-state index in [0.717, 1.165) is 11.1 Å². The first-order chi connectivity index (χ1) is 16.4.